The molecule has 1 N–H and O–H groups in total. The van der Waals surface area contributed by atoms with Gasteiger partial charge in [0.15, 0.2) is 0 Å². The fraction of sp³-hybridized carbons (Fsp3) is 0.250. The molecule has 0 heterocycles. The maximum atomic E-state index is 4.31. The van der Waals surface area contributed by atoms with E-state index in [4.69, 9.17) is 0 Å². The Morgan fingerprint density at radius 2 is 2.67 bits per heavy atom. The van der Waals surface area contributed by atoms with Gasteiger partial charge in [0.1, 0.15) is 5.49 Å². The van der Waals surface area contributed by atoms with E-state index in [1.165, 1.54) is 0 Å². The second-order valence-corrected chi connectivity index (χ2v) is 0.976. The standard InChI is InChI=1S/C4H6NS/c1-2-3-5-4-6/h2H,1,3H2,(H,5,6). The van der Waals surface area contributed by atoms with Crippen LogP contribution in [0.25, 0.3) is 0 Å². The van der Waals surface area contributed by atoms with E-state index in [-0.39, 0.29) is 0 Å². The van der Waals surface area contributed by atoms with Gasteiger partial charge >= 0.3 is 0 Å². The van der Waals surface area contributed by atoms with Crippen molar-refractivity contribution in [1.29, 1.82) is 0 Å². The molecule has 0 atom stereocenters. The lowest BCUT2D eigenvalue weighted by Crippen LogP contribution is -2.07. The summed E-state index contributed by atoms with van der Waals surface area (Å²) in [6, 6.07) is 0. The van der Waals surface area contributed by atoms with E-state index in [2.05, 4.69) is 29.6 Å². The normalized spacial score (nSPS) is 6.67. The van der Waals surface area contributed by atoms with Gasteiger partial charge in [-0.15, -0.1) is 6.58 Å². The van der Waals surface area contributed by atoms with E-state index in [0.717, 1.165) is 0 Å². The van der Waals surface area contributed by atoms with Crippen LogP contribution in [0.15, 0.2) is 12.7 Å². The molecule has 0 saturated carbocycles. The molecule has 0 aliphatic heterocycles. The summed E-state index contributed by atoms with van der Waals surface area (Å²) >= 11 is 4.31. The third-order valence-electron chi connectivity index (χ3n) is 0.319. The summed E-state index contributed by atoms with van der Waals surface area (Å²) in [5, 5.41) is 2.64. The Balaban J connectivity index is 2.66. The van der Waals surface area contributed by atoms with Crippen molar-refractivity contribution in [2.75, 3.05) is 6.54 Å². The van der Waals surface area contributed by atoms with Gasteiger partial charge in [-0.05, 0) is 0 Å². The molecule has 0 aromatic heterocycles. The van der Waals surface area contributed by atoms with Crippen LogP contribution in [0.3, 0.4) is 0 Å². The van der Waals surface area contributed by atoms with E-state index in [0.29, 0.717) is 6.54 Å². The van der Waals surface area contributed by atoms with Crippen molar-refractivity contribution >= 4 is 17.7 Å². The van der Waals surface area contributed by atoms with Crippen molar-refractivity contribution in [3.63, 3.8) is 0 Å². The SMILES string of the molecule is C=CCN[C]=S. The zero-order valence-electron chi connectivity index (χ0n) is 3.40. The van der Waals surface area contributed by atoms with Crippen LogP contribution in [0.1, 0.15) is 0 Å². The fourth-order valence-electron chi connectivity index (χ4n) is 0.114. The van der Waals surface area contributed by atoms with Crippen LogP contribution in [-0.4, -0.2) is 12.0 Å². The molecule has 6 heavy (non-hydrogen) atoms. The van der Waals surface area contributed by atoms with E-state index in [9.17, 15) is 0 Å². The van der Waals surface area contributed by atoms with Gasteiger partial charge in [0.25, 0.3) is 0 Å². The van der Waals surface area contributed by atoms with E-state index in [1.807, 2.05) is 0 Å². The first-order chi connectivity index (χ1) is 2.91. The third-order valence-corrected chi connectivity index (χ3v) is 0.463. The Morgan fingerprint density at radius 1 is 2.00 bits per heavy atom. The summed E-state index contributed by atoms with van der Waals surface area (Å²) < 4.78 is 0. The molecule has 0 fully saturated rings. The van der Waals surface area contributed by atoms with Gasteiger partial charge in [-0.3, -0.25) is 0 Å². The summed E-state index contributed by atoms with van der Waals surface area (Å²) in [5.41, 5.74) is 2.33. The average molecular weight is 100 g/mol. The molecular weight excluding hydrogens is 94.1 g/mol. The smallest absolute Gasteiger partial charge is 0.134 e. The lowest BCUT2D eigenvalue weighted by Gasteiger charge is -1.82. The number of hydrogen-bond acceptors (Lipinski definition) is 1. The molecule has 0 rings (SSSR count). The van der Waals surface area contributed by atoms with Crippen LogP contribution < -0.4 is 5.32 Å². The maximum Gasteiger partial charge on any atom is 0.134 e. The lowest BCUT2D eigenvalue weighted by molar-refractivity contribution is 1.09. The Hall–Kier alpha value is -0.370. The van der Waals surface area contributed by atoms with E-state index in [1.54, 1.807) is 6.08 Å². The highest BCUT2D eigenvalue weighted by Gasteiger charge is 1.62. The number of hydrogen-bond donors (Lipinski definition) is 1. The van der Waals surface area contributed by atoms with Gasteiger partial charge in [-0.2, -0.15) is 0 Å². The minimum atomic E-state index is 0.712. The van der Waals surface area contributed by atoms with Crippen molar-refractivity contribution in [3.8, 4) is 0 Å². The average Bonchev–Trinajstić information content (AvgIpc) is 1.61. The Kier molecular flexibility index (Phi) is 4.34. The molecule has 0 spiro atoms. The predicted octanol–water partition coefficient (Wildman–Crippen LogP) is 0.596. The topological polar surface area (TPSA) is 12.0 Å². The minimum absolute atomic E-state index is 0.712. The lowest BCUT2D eigenvalue weighted by atomic mass is 10.6. The third kappa shape index (κ3) is 3.63. The molecule has 0 aliphatic rings. The number of rotatable bonds is 3. The molecule has 0 saturated heterocycles. The summed E-state index contributed by atoms with van der Waals surface area (Å²) in [6.45, 7) is 4.16. The maximum absolute atomic E-state index is 4.31. The Morgan fingerprint density at radius 3 is 2.83 bits per heavy atom. The quantitative estimate of drug-likeness (QED) is 0.241. The molecule has 1 radical (unpaired) electrons. The summed E-state index contributed by atoms with van der Waals surface area (Å²) in [6.07, 6.45) is 1.72. The first-order valence-corrected chi connectivity index (χ1v) is 2.03. The molecule has 0 amide bonds. The second kappa shape index (κ2) is 4.63. The second-order valence-electron chi connectivity index (χ2n) is 0.772. The molecule has 0 aromatic rings. The van der Waals surface area contributed by atoms with E-state index >= 15 is 0 Å². The largest absolute Gasteiger partial charge is 0.370 e. The molecule has 2 heteroatoms. The first kappa shape index (κ1) is 5.63. The highest BCUT2D eigenvalue weighted by atomic mass is 32.1. The zero-order chi connectivity index (χ0) is 4.83. The molecule has 0 aromatic carbocycles. The highest BCUT2D eigenvalue weighted by molar-refractivity contribution is 7.78. The van der Waals surface area contributed by atoms with Crippen LogP contribution >= 0.6 is 12.2 Å². The van der Waals surface area contributed by atoms with Crippen molar-refractivity contribution in [1.82, 2.24) is 5.32 Å². The first-order valence-electron chi connectivity index (χ1n) is 1.62. The van der Waals surface area contributed by atoms with Crippen molar-refractivity contribution < 1.29 is 0 Å². The van der Waals surface area contributed by atoms with Crippen LogP contribution in [0, 0.1) is 0 Å². The summed E-state index contributed by atoms with van der Waals surface area (Å²) in [7, 11) is 0. The van der Waals surface area contributed by atoms with Gasteiger partial charge in [-0.1, -0.05) is 18.3 Å². The summed E-state index contributed by atoms with van der Waals surface area (Å²) in [4.78, 5) is 0. The van der Waals surface area contributed by atoms with Crippen molar-refractivity contribution in [3.05, 3.63) is 12.7 Å². The van der Waals surface area contributed by atoms with Crippen molar-refractivity contribution in [2.24, 2.45) is 0 Å². The number of nitrogens with one attached hydrogen (secondary N) is 1. The van der Waals surface area contributed by atoms with Gasteiger partial charge in [0.05, 0.1) is 0 Å². The van der Waals surface area contributed by atoms with Gasteiger partial charge < -0.3 is 5.32 Å². The van der Waals surface area contributed by atoms with Crippen LogP contribution in [0.2, 0.25) is 0 Å². The summed E-state index contributed by atoms with van der Waals surface area (Å²) in [5.74, 6) is 0. The molecular formula is C4H6NS. The zero-order valence-corrected chi connectivity index (χ0v) is 4.22. The molecule has 0 aliphatic carbocycles. The monoisotopic (exact) mass is 100 g/mol. The predicted molar refractivity (Wildman–Crippen MR) is 30.8 cm³/mol. The molecule has 0 bridgehead atoms. The van der Waals surface area contributed by atoms with Crippen LogP contribution in [-0.2, 0) is 0 Å². The molecule has 1 nitrogen and oxygen atoms in total. The van der Waals surface area contributed by atoms with E-state index < -0.39 is 0 Å². The Labute approximate surface area is 43.1 Å². The van der Waals surface area contributed by atoms with Gasteiger partial charge in [0, 0.05) is 6.54 Å². The van der Waals surface area contributed by atoms with Crippen LogP contribution in [0.5, 0.6) is 0 Å². The highest BCUT2D eigenvalue weighted by Crippen LogP contribution is 1.52. The molecule has 33 valence electrons. The van der Waals surface area contributed by atoms with Crippen LogP contribution in [0.4, 0.5) is 0 Å². The minimum Gasteiger partial charge on any atom is -0.370 e. The van der Waals surface area contributed by atoms with Gasteiger partial charge in [0.2, 0.25) is 0 Å². The molecule has 0 unspecified atom stereocenters. The fourth-order valence-corrected chi connectivity index (χ4v) is 0.197. The Bertz CT molecular complexity index is 43.5. The number of thiocarbonyl (C=S) groups is 1. The van der Waals surface area contributed by atoms with Crippen molar-refractivity contribution in [2.45, 2.75) is 0 Å². The van der Waals surface area contributed by atoms with Gasteiger partial charge in [-0.25, -0.2) is 0 Å².